The van der Waals surface area contributed by atoms with E-state index in [2.05, 4.69) is 20.8 Å². The lowest BCUT2D eigenvalue weighted by molar-refractivity contribution is 0.251. The standard InChI is InChI=1S/C18H20N4O2/c1-4-17-14(12(3)22-24-17)10-19-18(23)21-16-9-11(2)20-15-8-6-5-7-13(15)16/h5-9H,4,10H2,1-3H3,(H2,19,20,21,23). The summed E-state index contributed by atoms with van der Waals surface area (Å²) in [6.07, 6.45) is 0.744. The minimum absolute atomic E-state index is 0.270. The zero-order chi connectivity index (χ0) is 17.1. The first-order valence-electron chi connectivity index (χ1n) is 7.93. The number of nitrogens with zero attached hydrogens (tertiary/aromatic N) is 2. The number of aromatic nitrogens is 2. The number of hydrogen-bond donors (Lipinski definition) is 2. The number of hydrogen-bond acceptors (Lipinski definition) is 4. The van der Waals surface area contributed by atoms with Crippen molar-refractivity contribution in [1.29, 1.82) is 0 Å². The third kappa shape index (κ3) is 3.22. The van der Waals surface area contributed by atoms with E-state index in [1.54, 1.807) is 0 Å². The highest BCUT2D eigenvalue weighted by Crippen LogP contribution is 2.22. The molecule has 0 aliphatic heterocycles. The molecule has 0 bridgehead atoms. The molecule has 0 radical (unpaired) electrons. The second-order valence-electron chi connectivity index (χ2n) is 5.66. The van der Waals surface area contributed by atoms with Gasteiger partial charge in [0.2, 0.25) is 0 Å². The lowest BCUT2D eigenvalue weighted by Crippen LogP contribution is -2.28. The van der Waals surface area contributed by atoms with Gasteiger partial charge in [-0.3, -0.25) is 4.98 Å². The van der Waals surface area contributed by atoms with Gasteiger partial charge in [0.25, 0.3) is 0 Å². The first-order chi connectivity index (χ1) is 11.6. The number of nitrogens with one attached hydrogen (secondary N) is 2. The minimum Gasteiger partial charge on any atom is -0.361 e. The van der Waals surface area contributed by atoms with Crippen molar-refractivity contribution in [3.8, 4) is 0 Å². The zero-order valence-electron chi connectivity index (χ0n) is 14.0. The number of aryl methyl sites for hydroxylation is 3. The molecule has 1 aromatic carbocycles. The first-order valence-corrected chi connectivity index (χ1v) is 7.93. The van der Waals surface area contributed by atoms with Crippen molar-refractivity contribution >= 4 is 22.6 Å². The summed E-state index contributed by atoms with van der Waals surface area (Å²) in [5, 5.41) is 10.6. The Hall–Kier alpha value is -2.89. The van der Waals surface area contributed by atoms with Crippen molar-refractivity contribution < 1.29 is 9.32 Å². The van der Waals surface area contributed by atoms with Crippen LogP contribution in [0.25, 0.3) is 10.9 Å². The molecule has 0 saturated carbocycles. The highest BCUT2D eigenvalue weighted by atomic mass is 16.5. The molecule has 2 N–H and O–H groups in total. The first kappa shape index (κ1) is 16.0. The SMILES string of the molecule is CCc1onc(C)c1CNC(=O)Nc1cc(C)nc2ccccc12. The molecule has 0 atom stereocenters. The Morgan fingerprint density at radius 2 is 2.04 bits per heavy atom. The van der Waals surface area contributed by atoms with Crippen LogP contribution in [0, 0.1) is 13.8 Å². The lowest BCUT2D eigenvalue weighted by Gasteiger charge is -2.11. The monoisotopic (exact) mass is 324 g/mol. The van der Waals surface area contributed by atoms with E-state index in [4.69, 9.17) is 4.52 Å². The topological polar surface area (TPSA) is 80.0 Å². The summed E-state index contributed by atoms with van der Waals surface area (Å²) in [4.78, 5) is 16.8. The Bertz CT molecular complexity index is 886. The van der Waals surface area contributed by atoms with Gasteiger partial charge in [0.1, 0.15) is 5.76 Å². The van der Waals surface area contributed by atoms with Crippen LogP contribution >= 0.6 is 0 Å². The maximum absolute atomic E-state index is 12.3. The van der Waals surface area contributed by atoms with Crippen LogP contribution < -0.4 is 10.6 Å². The van der Waals surface area contributed by atoms with Crippen molar-refractivity contribution in [3.63, 3.8) is 0 Å². The molecule has 3 rings (SSSR count). The normalized spacial score (nSPS) is 10.8. The van der Waals surface area contributed by atoms with Crippen LogP contribution in [-0.4, -0.2) is 16.2 Å². The van der Waals surface area contributed by atoms with E-state index in [-0.39, 0.29) is 6.03 Å². The third-order valence-electron chi connectivity index (χ3n) is 3.91. The summed E-state index contributed by atoms with van der Waals surface area (Å²) in [5.41, 5.74) is 4.19. The largest absolute Gasteiger partial charge is 0.361 e. The van der Waals surface area contributed by atoms with Gasteiger partial charge in [0, 0.05) is 29.6 Å². The molecule has 0 aliphatic carbocycles. The van der Waals surface area contributed by atoms with Crippen molar-refractivity contribution in [2.45, 2.75) is 33.7 Å². The predicted octanol–water partition coefficient (Wildman–Crippen LogP) is 3.72. The number of benzene rings is 1. The van der Waals surface area contributed by atoms with Crippen LogP contribution in [0.1, 0.15) is 29.6 Å². The number of fused-ring (bicyclic) bond motifs is 1. The molecule has 6 heteroatoms. The summed E-state index contributed by atoms with van der Waals surface area (Å²) >= 11 is 0. The second kappa shape index (κ2) is 6.70. The molecular weight excluding hydrogens is 304 g/mol. The summed E-state index contributed by atoms with van der Waals surface area (Å²) < 4.78 is 5.24. The fourth-order valence-corrected chi connectivity index (χ4v) is 2.69. The van der Waals surface area contributed by atoms with Crippen molar-refractivity contribution in [2.24, 2.45) is 0 Å². The van der Waals surface area contributed by atoms with Crippen molar-refractivity contribution in [1.82, 2.24) is 15.5 Å². The Morgan fingerprint density at radius 3 is 2.83 bits per heavy atom. The van der Waals surface area contributed by atoms with Gasteiger partial charge in [-0.25, -0.2) is 4.79 Å². The molecular formula is C18H20N4O2. The number of urea groups is 1. The molecule has 0 unspecified atom stereocenters. The molecule has 2 heterocycles. The van der Waals surface area contributed by atoms with Crippen molar-refractivity contribution in [3.05, 3.63) is 53.0 Å². The Labute approximate surface area is 140 Å². The highest BCUT2D eigenvalue weighted by Gasteiger charge is 2.13. The van der Waals surface area contributed by atoms with Crippen LogP contribution in [0.5, 0.6) is 0 Å². The van der Waals surface area contributed by atoms with Gasteiger partial charge < -0.3 is 15.2 Å². The number of para-hydroxylation sites is 1. The maximum Gasteiger partial charge on any atom is 0.319 e. The summed E-state index contributed by atoms with van der Waals surface area (Å²) in [7, 11) is 0. The number of amides is 2. The molecule has 2 amide bonds. The molecule has 2 aromatic heterocycles. The number of pyridine rings is 1. The average Bonchev–Trinajstić information content (AvgIpc) is 2.92. The number of rotatable bonds is 4. The molecule has 0 spiro atoms. The van der Waals surface area contributed by atoms with E-state index in [1.807, 2.05) is 51.1 Å². The fourth-order valence-electron chi connectivity index (χ4n) is 2.69. The van der Waals surface area contributed by atoms with Gasteiger partial charge in [0.15, 0.2) is 0 Å². The minimum atomic E-state index is -0.270. The molecule has 24 heavy (non-hydrogen) atoms. The van der Waals surface area contributed by atoms with Gasteiger partial charge in [0.05, 0.1) is 16.9 Å². The van der Waals surface area contributed by atoms with Gasteiger partial charge in [-0.15, -0.1) is 0 Å². The Kier molecular flexibility index (Phi) is 4.46. The predicted molar refractivity (Wildman–Crippen MR) is 93.0 cm³/mol. The summed E-state index contributed by atoms with van der Waals surface area (Å²) in [6, 6.07) is 9.32. The van der Waals surface area contributed by atoms with E-state index in [0.29, 0.717) is 6.54 Å². The van der Waals surface area contributed by atoms with Crippen LogP contribution in [0.15, 0.2) is 34.9 Å². The average molecular weight is 324 g/mol. The van der Waals surface area contributed by atoms with Crippen LogP contribution in [0.3, 0.4) is 0 Å². The highest BCUT2D eigenvalue weighted by molar-refractivity contribution is 6.00. The molecule has 6 nitrogen and oxygen atoms in total. The molecule has 0 saturated heterocycles. The number of anilines is 1. The Balaban J connectivity index is 1.75. The second-order valence-corrected chi connectivity index (χ2v) is 5.66. The fraction of sp³-hybridized carbons (Fsp3) is 0.278. The molecule has 3 aromatic rings. The van der Waals surface area contributed by atoms with Crippen LogP contribution in [-0.2, 0) is 13.0 Å². The van der Waals surface area contributed by atoms with Crippen LogP contribution in [0.2, 0.25) is 0 Å². The zero-order valence-corrected chi connectivity index (χ0v) is 14.0. The Morgan fingerprint density at radius 1 is 1.25 bits per heavy atom. The van der Waals surface area contributed by atoms with Gasteiger partial charge in [-0.05, 0) is 26.0 Å². The van der Waals surface area contributed by atoms with E-state index in [0.717, 1.165) is 45.7 Å². The molecule has 0 fully saturated rings. The van der Waals surface area contributed by atoms with Crippen molar-refractivity contribution in [2.75, 3.05) is 5.32 Å². The summed E-state index contributed by atoms with van der Waals surface area (Å²) in [5.74, 6) is 0.804. The number of carbonyl (C=O) groups is 1. The quantitative estimate of drug-likeness (QED) is 0.766. The number of carbonyl (C=O) groups excluding carboxylic acids is 1. The van der Waals surface area contributed by atoms with E-state index in [9.17, 15) is 4.79 Å². The van der Waals surface area contributed by atoms with E-state index < -0.39 is 0 Å². The lowest BCUT2D eigenvalue weighted by atomic mass is 10.1. The maximum atomic E-state index is 12.3. The summed E-state index contributed by atoms with van der Waals surface area (Å²) in [6.45, 7) is 6.16. The van der Waals surface area contributed by atoms with Crippen LogP contribution in [0.4, 0.5) is 10.5 Å². The molecule has 124 valence electrons. The van der Waals surface area contributed by atoms with E-state index >= 15 is 0 Å². The van der Waals surface area contributed by atoms with E-state index in [1.165, 1.54) is 0 Å². The van der Waals surface area contributed by atoms with Gasteiger partial charge in [-0.1, -0.05) is 30.3 Å². The molecule has 0 aliphatic rings. The van der Waals surface area contributed by atoms with Gasteiger partial charge >= 0.3 is 6.03 Å². The third-order valence-corrected chi connectivity index (χ3v) is 3.91. The van der Waals surface area contributed by atoms with Gasteiger partial charge in [-0.2, -0.15) is 0 Å². The smallest absolute Gasteiger partial charge is 0.319 e.